The van der Waals surface area contributed by atoms with E-state index in [-0.39, 0.29) is 0 Å². The minimum Gasteiger partial charge on any atom is -0.356 e. The summed E-state index contributed by atoms with van der Waals surface area (Å²) in [6.07, 6.45) is 3.12. The zero-order valence-corrected chi connectivity index (χ0v) is 12.7. The minimum atomic E-state index is 0.402. The average Bonchev–Trinajstić information content (AvgIpc) is 2.76. The minimum absolute atomic E-state index is 0.402. The van der Waals surface area contributed by atoms with Gasteiger partial charge >= 0.3 is 0 Å². The molecule has 0 bridgehead atoms. The van der Waals surface area contributed by atoms with E-state index < -0.39 is 0 Å². The van der Waals surface area contributed by atoms with Crippen LogP contribution < -0.4 is 10.2 Å². The van der Waals surface area contributed by atoms with Gasteiger partial charge in [0, 0.05) is 25.3 Å². The van der Waals surface area contributed by atoms with Crippen molar-refractivity contribution in [2.24, 2.45) is 11.8 Å². The van der Waals surface area contributed by atoms with E-state index in [1.165, 1.54) is 12.0 Å². The van der Waals surface area contributed by atoms with Gasteiger partial charge in [-0.2, -0.15) is 0 Å². The van der Waals surface area contributed by atoms with E-state index in [2.05, 4.69) is 55.0 Å². The van der Waals surface area contributed by atoms with Gasteiger partial charge < -0.3 is 10.2 Å². The second-order valence-electron chi connectivity index (χ2n) is 5.98. The Balaban J connectivity index is 2.07. The van der Waals surface area contributed by atoms with Crippen LogP contribution in [0.25, 0.3) is 0 Å². The molecule has 3 atom stereocenters. The molecule has 1 fully saturated rings. The molecule has 1 N–H and O–H groups in total. The molecule has 0 aliphatic carbocycles. The van der Waals surface area contributed by atoms with Gasteiger partial charge in [-0.05, 0) is 49.4 Å². The van der Waals surface area contributed by atoms with Crippen LogP contribution in [0.15, 0.2) is 18.3 Å². The van der Waals surface area contributed by atoms with E-state index in [1.54, 1.807) is 0 Å². The summed E-state index contributed by atoms with van der Waals surface area (Å²) in [7, 11) is 0. The molecular formula is C16H27N3. The van der Waals surface area contributed by atoms with E-state index in [0.29, 0.717) is 6.04 Å². The van der Waals surface area contributed by atoms with Crippen molar-refractivity contribution in [3.8, 4) is 0 Å². The number of nitrogens with zero attached hydrogens (tertiary/aromatic N) is 2. The summed E-state index contributed by atoms with van der Waals surface area (Å²) in [6, 6.07) is 4.77. The van der Waals surface area contributed by atoms with Gasteiger partial charge in [0.2, 0.25) is 0 Å². The van der Waals surface area contributed by atoms with Crippen LogP contribution in [0.5, 0.6) is 0 Å². The third-order valence-electron chi connectivity index (χ3n) is 4.28. The third kappa shape index (κ3) is 3.47. The number of nitrogens with one attached hydrogen (secondary N) is 1. The molecule has 0 amide bonds. The van der Waals surface area contributed by atoms with E-state index in [4.69, 9.17) is 0 Å². The molecule has 0 aromatic carbocycles. The maximum Gasteiger partial charge on any atom is 0.128 e. The Hall–Kier alpha value is -1.09. The van der Waals surface area contributed by atoms with Crippen molar-refractivity contribution in [2.75, 3.05) is 24.5 Å². The number of anilines is 1. The number of hydrogen-bond acceptors (Lipinski definition) is 3. The van der Waals surface area contributed by atoms with Crippen molar-refractivity contribution in [3.05, 3.63) is 23.9 Å². The molecule has 1 aromatic rings. The lowest BCUT2D eigenvalue weighted by molar-refractivity contribution is 0.494. The third-order valence-corrected chi connectivity index (χ3v) is 4.28. The summed E-state index contributed by atoms with van der Waals surface area (Å²) in [5.74, 6) is 2.67. The Kier molecular flexibility index (Phi) is 4.81. The van der Waals surface area contributed by atoms with Crippen molar-refractivity contribution in [2.45, 2.75) is 40.2 Å². The van der Waals surface area contributed by atoms with Crippen LogP contribution in [0.1, 0.15) is 45.7 Å². The summed E-state index contributed by atoms with van der Waals surface area (Å²) < 4.78 is 0. The Morgan fingerprint density at radius 1 is 1.37 bits per heavy atom. The fourth-order valence-corrected chi connectivity index (χ4v) is 2.67. The van der Waals surface area contributed by atoms with Gasteiger partial charge in [-0.25, -0.2) is 4.98 Å². The van der Waals surface area contributed by atoms with Gasteiger partial charge in [0.15, 0.2) is 0 Å². The van der Waals surface area contributed by atoms with E-state index in [0.717, 1.165) is 37.3 Å². The Morgan fingerprint density at radius 3 is 2.68 bits per heavy atom. The largest absolute Gasteiger partial charge is 0.356 e. The zero-order valence-electron chi connectivity index (χ0n) is 12.7. The van der Waals surface area contributed by atoms with Crippen LogP contribution in [0, 0.1) is 11.8 Å². The molecule has 3 unspecified atom stereocenters. The molecule has 0 spiro atoms. The van der Waals surface area contributed by atoms with Gasteiger partial charge in [-0.1, -0.05) is 20.8 Å². The number of aromatic nitrogens is 1. The first-order valence-corrected chi connectivity index (χ1v) is 7.56. The molecule has 0 saturated carbocycles. The van der Waals surface area contributed by atoms with Crippen molar-refractivity contribution in [3.63, 3.8) is 0 Å². The van der Waals surface area contributed by atoms with E-state index >= 15 is 0 Å². The monoisotopic (exact) mass is 261 g/mol. The molecule has 3 nitrogen and oxygen atoms in total. The summed E-state index contributed by atoms with van der Waals surface area (Å²) in [4.78, 5) is 6.97. The Bertz CT molecular complexity index is 395. The lowest BCUT2D eigenvalue weighted by atomic mass is 10.0. The van der Waals surface area contributed by atoms with Crippen LogP contribution in [0.4, 0.5) is 5.82 Å². The first-order valence-electron chi connectivity index (χ1n) is 7.56. The maximum absolute atomic E-state index is 4.55. The van der Waals surface area contributed by atoms with Gasteiger partial charge in [0.05, 0.1) is 0 Å². The van der Waals surface area contributed by atoms with Crippen LogP contribution in [-0.2, 0) is 0 Å². The lowest BCUT2D eigenvalue weighted by Gasteiger charge is -2.20. The van der Waals surface area contributed by atoms with Gasteiger partial charge in [-0.3, -0.25) is 0 Å². The topological polar surface area (TPSA) is 28.2 Å². The fraction of sp³-hybridized carbons (Fsp3) is 0.688. The highest BCUT2D eigenvalue weighted by Crippen LogP contribution is 2.27. The predicted octanol–water partition coefficient (Wildman–Crippen LogP) is 3.23. The molecule has 0 radical (unpaired) electrons. The van der Waals surface area contributed by atoms with Crippen molar-refractivity contribution >= 4 is 5.82 Å². The van der Waals surface area contributed by atoms with Crippen LogP contribution in [0.3, 0.4) is 0 Å². The quantitative estimate of drug-likeness (QED) is 0.882. The molecule has 3 heteroatoms. The molecule has 106 valence electrons. The van der Waals surface area contributed by atoms with Crippen molar-refractivity contribution < 1.29 is 0 Å². The number of hydrogen-bond donors (Lipinski definition) is 1. The zero-order chi connectivity index (χ0) is 13.8. The smallest absolute Gasteiger partial charge is 0.128 e. The molecular weight excluding hydrogens is 234 g/mol. The first kappa shape index (κ1) is 14.3. The Morgan fingerprint density at radius 2 is 2.05 bits per heavy atom. The van der Waals surface area contributed by atoms with Crippen molar-refractivity contribution in [1.29, 1.82) is 0 Å². The first-order chi connectivity index (χ1) is 9.11. The SMILES string of the molecule is CCCNC(C)c1ccnc(N2CC(C)C(C)C2)c1. The van der Waals surface area contributed by atoms with Crippen LogP contribution >= 0.6 is 0 Å². The predicted molar refractivity (Wildman–Crippen MR) is 81.5 cm³/mol. The molecule has 1 aliphatic rings. The van der Waals surface area contributed by atoms with E-state index in [9.17, 15) is 0 Å². The second-order valence-corrected chi connectivity index (χ2v) is 5.98. The number of rotatable bonds is 5. The van der Waals surface area contributed by atoms with Gasteiger partial charge in [0.1, 0.15) is 5.82 Å². The number of pyridine rings is 1. The van der Waals surface area contributed by atoms with Crippen LogP contribution in [0.2, 0.25) is 0 Å². The summed E-state index contributed by atoms with van der Waals surface area (Å²) in [5.41, 5.74) is 1.34. The Labute approximate surface area is 117 Å². The molecule has 1 aromatic heterocycles. The highest BCUT2D eigenvalue weighted by atomic mass is 15.2. The van der Waals surface area contributed by atoms with Gasteiger partial charge in [-0.15, -0.1) is 0 Å². The highest BCUT2D eigenvalue weighted by Gasteiger charge is 2.26. The molecule has 1 saturated heterocycles. The molecule has 19 heavy (non-hydrogen) atoms. The molecule has 1 aliphatic heterocycles. The highest BCUT2D eigenvalue weighted by molar-refractivity contribution is 5.43. The summed E-state index contributed by atoms with van der Waals surface area (Å²) in [5, 5.41) is 3.54. The average molecular weight is 261 g/mol. The van der Waals surface area contributed by atoms with Crippen LogP contribution in [-0.4, -0.2) is 24.6 Å². The summed E-state index contributed by atoms with van der Waals surface area (Å²) in [6.45, 7) is 12.4. The summed E-state index contributed by atoms with van der Waals surface area (Å²) >= 11 is 0. The lowest BCUT2D eigenvalue weighted by Crippen LogP contribution is -2.22. The maximum atomic E-state index is 4.55. The molecule has 2 heterocycles. The second kappa shape index (κ2) is 6.38. The standard InChI is InChI=1S/C16H27N3/c1-5-7-17-14(4)15-6-8-18-16(9-15)19-10-12(2)13(3)11-19/h6,8-9,12-14,17H,5,7,10-11H2,1-4H3. The van der Waals surface area contributed by atoms with E-state index in [1.807, 2.05) is 6.20 Å². The van der Waals surface area contributed by atoms with Gasteiger partial charge in [0.25, 0.3) is 0 Å². The fourth-order valence-electron chi connectivity index (χ4n) is 2.67. The molecule has 2 rings (SSSR count). The normalized spacial score (nSPS) is 24.7. The van der Waals surface area contributed by atoms with Crippen molar-refractivity contribution in [1.82, 2.24) is 10.3 Å².